The molecule has 0 radical (unpaired) electrons. The van der Waals surface area contributed by atoms with Crippen molar-refractivity contribution >= 4 is 6.41 Å². The summed E-state index contributed by atoms with van der Waals surface area (Å²) < 4.78 is 0. The second-order valence-electron chi connectivity index (χ2n) is 3.02. The summed E-state index contributed by atoms with van der Waals surface area (Å²) >= 11 is 0. The first-order valence-electron chi connectivity index (χ1n) is 4.53. The summed E-state index contributed by atoms with van der Waals surface area (Å²) in [5.74, 6) is 0. The van der Waals surface area contributed by atoms with Crippen LogP contribution in [0, 0.1) is 0 Å². The first-order valence-corrected chi connectivity index (χ1v) is 4.53. The summed E-state index contributed by atoms with van der Waals surface area (Å²) in [4.78, 5) is 12.3. The maximum absolute atomic E-state index is 9.97. The summed E-state index contributed by atoms with van der Waals surface area (Å²) in [5, 5.41) is 6.01. The van der Waals surface area contributed by atoms with E-state index in [0.29, 0.717) is 0 Å². The zero-order valence-electron chi connectivity index (χ0n) is 7.38. The Morgan fingerprint density at radius 1 is 1.42 bits per heavy atom. The van der Waals surface area contributed by atoms with Crippen molar-refractivity contribution in [3.8, 4) is 0 Å². The predicted octanol–water partition coefficient (Wildman–Crippen LogP) is -0.972. The molecule has 1 aliphatic heterocycles. The van der Waals surface area contributed by atoms with Gasteiger partial charge in [-0.05, 0) is 19.5 Å². The van der Waals surface area contributed by atoms with Crippen molar-refractivity contribution in [2.24, 2.45) is 0 Å². The van der Waals surface area contributed by atoms with Gasteiger partial charge in [0.25, 0.3) is 0 Å². The number of amides is 1. The fraction of sp³-hybridized carbons (Fsp3) is 0.875. The molecule has 1 saturated heterocycles. The molecule has 0 aromatic heterocycles. The van der Waals surface area contributed by atoms with Gasteiger partial charge in [0.1, 0.15) is 0 Å². The Bertz CT molecular complexity index is 121. The molecule has 0 bridgehead atoms. The van der Waals surface area contributed by atoms with E-state index in [9.17, 15) is 4.79 Å². The van der Waals surface area contributed by atoms with E-state index in [-0.39, 0.29) is 0 Å². The van der Waals surface area contributed by atoms with E-state index < -0.39 is 0 Å². The van der Waals surface area contributed by atoms with Gasteiger partial charge in [0.15, 0.2) is 0 Å². The molecule has 0 saturated carbocycles. The van der Waals surface area contributed by atoms with E-state index in [2.05, 4.69) is 15.5 Å². The molecule has 0 aliphatic carbocycles. The van der Waals surface area contributed by atoms with Gasteiger partial charge in [-0.3, -0.25) is 4.79 Å². The normalized spacial score (nSPS) is 20.0. The fourth-order valence-corrected chi connectivity index (χ4v) is 1.41. The third kappa shape index (κ3) is 3.69. The van der Waals surface area contributed by atoms with E-state index >= 15 is 0 Å². The molecule has 4 heteroatoms. The Morgan fingerprint density at radius 3 is 3.17 bits per heavy atom. The van der Waals surface area contributed by atoms with Gasteiger partial charge >= 0.3 is 0 Å². The average Bonchev–Trinajstić information content (AvgIpc) is 2.33. The summed E-state index contributed by atoms with van der Waals surface area (Å²) in [6.07, 6.45) is 1.97. The van der Waals surface area contributed by atoms with Crippen LogP contribution >= 0.6 is 0 Å². The molecule has 2 N–H and O–H groups in total. The summed E-state index contributed by atoms with van der Waals surface area (Å²) in [7, 11) is 0. The SMILES string of the molecule is O=CNCCN1CCCNCC1. The first kappa shape index (κ1) is 9.48. The van der Waals surface area contributed by atoms with Crippen molar-refractivity contribution in [2.75, 3.05) is 39.3 Å². The van der Waals surface area contributed by atoms with Crippen LogP contribution in [-0.4, -0.2) is 50.6 Å². The van der Waals surface area contributed by atoms with Crippen LogP contribution in [-0.2, 0) is 4.79 Å². The molecule has 12 heavy (non-hydrogen) atoms. The number of hydrogen-bond acceptors (Lipinski definition) is 3. The number of carbonyl (C=O) groups is 1. The predicted molar refractivity (Wildman–Crippen MR) is 48.0 cm³/mol. The summed E-state index contributed by atoms with van der Waals surface area (Å²) in [6.45, 7) is 6.18. The van der Waals surface area contributed by atoms with Crippen LogP contribution in [0.3, 0.4) is 0 Å². The van der Waals surface area contributed by atoms with Crippen molar-refractivity contribution < 1.29 is 4.79 Å². The van der Waals surface area contributed by atoms with Crippen LogP contribution in [0.15, 0.2) is 0 Å². The third-order valence-electron chi connectivity index (χ3n) is 2.09. The topological polar surface area (TPSA) is 44.4 Å². The first-order chi connectivity index (χ1) is 5.93. The number of rotatable bonds is 4. The fourth-order valence-electron chi connectivity index (χ4n) is 1.41. The maximum Gasteiger partial charge on any atom is 0.207 e. The maximum atomic E-state index is 9.97. The molecular formula is C8H17N3O. The highest BCUT2D eigenvalue weighted by molar-refractivity contribution is 5.45. The lowest BCUT2D eigenvalue weighted by atomic mass is 10.4. The third-order valence-corrected chi connectivity index (χ3v) is 2.09. The molecule has 0 aromatic carbocycles. The molecule has 1 amide bonds. The highest BCUT2D eigenvalue weighted by Crippen LogP contribution is 1.93. The largest absolute Gasteiger partial charge is 0.357 e. The molecule has 1 heterocycles. The number of hydrogen-bond donors (Lipinski definition) is 2. The Morgan fingerprint density at radius 2 is 2.33 bits per heavy atom. The van der Waals surface area contributed by atoms with Crippen LogP contribution in [0.2, 0.25) is 0 Å². The van der Waals surface area contributed by atoms with E-state index in [4.69, 9.17) is 0 Å². The molecule has 0 unspecified atom stereocenters. The summed E-state index contributed by atoms with van der Waals surface area (Å²) in [6, 6.07) is 0. The minimum Gasteiger partial charge on any atom is -0.357 e. The van der Waals surface area contributed by atoms with E-state index in [0.717, 1.165) is 45.7 Å². The van der Waals surface area contributed by atoms with Crippen molar-refractivity contribution in [3.63, 3.8) is 0 Å². The van der Waals surface area contributed by atoms with Crippen LogP contribution in [0.4, 0.5) is 0 Å². The van der Waals surface area contributed by atoms with Gasteiger partial charge < -0.3 is 15.5 Å². The number of carbonyl (C=O) groups excluding carboxylic acids is 1. The van der Waals surface area contributed by atoms with Crippen LogP contribution in [0.1, 0.15) is 6.42 Å². The lowest BCUT2D eigenvalue weighted by Crippen LogP contribution is -2.34. The van der Waals surface area contributed by atoms with E-state index in [1.807, 2.05) is 0 Å². The van der Waals surface area contributed by atoms with Gasteiger partial charge in [-0.2, -0.15) is 0 Å². The van der Waals surface area contributed by atoms with Crippen LogP contribution < -0.4 is 10.6 Å². The number of nitrogens with one attached hydrogen (secondary N) is 2. The van der Waals surface area contributed by atoms with E-state index in [1.54, 1.807) is 0 Å². The van der Waals surface area contributed by atoms with Crippen molar-refractivity contribution in [1.29, 1.82) is 0 Å². The lowest BCUT2D eigenvalue weighted by Gasteiger charge is -2.18. The Kier molecular flexibility index (Phi) is 4.71. The van der Waals surface area contributed by atoms with Gasteiger partial charge in [-0.1, -0.05) is 0 Å². The smallest absolute Gasteiger partial charge is 0.207 e. The summed E-state index contributed by atoms with van der Waals surface area (Å²) in [5.41, 5.74) is 0. The van der Waals surface area contributed by atoms with Gasteiger partial charge in [-0.15, -0.1) is 0 Å². The average molecular weight is 171 g/mol. The van der Waals surface area contributed by atoms with Gasteiger partial charge in [-0.25, -0.2) is 0 Å². The van der Waals surface area contributed by atoms with Crippen molar-refractivity contribution in [3.05, 3.63) is 0 Å². The van der Waals surface area contributed by atoms with Gasteiger partial charge in [0, 0.05) is 26.2 Å². The minimum absolute atomic E-state index is 0.760. The van der Waals surface area contributed by atoms with Gasteiger partial charge in [0.05, 0.1) is 0 Å². The highest BCUT2D eigenvalue weighted by atomic mass is 16.1. The monoisotopic (exact) mass is 171 g/mol. The molecule has 1 aliphatic rings. The Hall–Kier alpha value is -0.610. The molecule has 0 aromatic rings. The lowest BCUT2D eigenvalue weighted by molar-refractivity contribution is -0.109. The second kappa shape index (κ2) is 5.97. The van der Waals surface area contributed by atoms with E-state index in [1.165, 1.54) is 6.42 Å². The molecule has 1 fully saturated rings. The zero-order chi connectivity index (χ0) is 8.65. The Balaban J connectivity index is 2.07. The molecule has 1 rings (SSSR count). The molecular weight excluding hydrogens is 154 g/mol. The second-order valence-corrected chi connectivity index (χ2v) is 3.02. The quantitative estimate of drug-likeness (QED) is 0.422. The van der Waals surface area contributed by atoms with Gasteiger partial charge in [0.2, 0.25) is 6.41 Å². The van der Waals surface area contributed by atoms with Crippen LogP contribution in [0.25, 0.3) is 0 Å². The number of nitrogens with zero attached hydrogens (tertiary/aromatic N) is 1. The molecule has 4 nitrogen and oxygen atoms in total. The highest BCUT2D eigenvalue weighted by Gasteiger charge is 2.06. The van der Waals surface area contributed by atoms with Crippen LogP contribution in [0.5, 0.6) is 0 Å². The standard InChI is InChI=1S/C8H17N3O/c12-8-10-4-7-11-5-1-2-9-3-6-11/h8-9H,1-7H2,(H,10,12). The zero-order valence-corrected chi connectivity index (χ0v) is 7.38. The minimum atomic E-state index is 0.760. The molecule has 0 atom stereocenters. The molecule has 70 valence electrons. The molecule has 0 spiro atoms. The van der Waals surface area contributed by atoms with Crippen molar-refractivity contribution in [2.45, 2.75) is 6.42 Å². The van der Waals surface area contributed by atoms with Crippen molar-refractivity contribution in [1.82, 2.24) is 15.5 Å². The Labute approximate surface area is 73.3 Å².